The highest BCUT2D eigenvalue weighted by molar-refractivity contribution is 7.98. The first kappa shape index (κ1) is 11.9. The van der Waals surface area contributed by atoms with Crippen molar-refractivity contribution >= 4 is 22.7 Å². The number of nitrogens with one attached hydrogen (secondary N) is 1. The molecule has 0 atom stereocenters. The molecule has 0 saturated carbocycles. The van der Waals surface area contributed by atoms with Crippen LogP contribution in [-0.4, -0.2) is 4.98 Å². The van der Waals surface area contributed by atoms with E-state index in [9.17, 15) is 0 Å². The standard InChI is InChI=1S/C16H12N2S/c17-10-12-5-7-13(8-6-12)11-19-16-9-14-3-1-2-4-15(14)18-16/h1-9,18H,11H2. The molecule has 3 aromatic rings. The third-order valence-electron chi connectivity index (χ3n) is 2.98. The molecule has 0 unspecified atom stereocenters. The third kappa shape index (κ3) is 2.64. The van der Waals surface area contributed by atoms with E-state index in [1.165, 1.54) is 21.5 Å². The molecular formula is C16H12N2S. The fraction of sp³-hybridized carbons (Fsp3) is 0.0625. The van der Waals surface area contributed by atoms with E-state index < -0.39 is 0 Å². The van der Waals surface area contributed by atoms with E-state index in [4.69, 9.17) is 5.26 Å². The molecule has 19 heavy (non-hydrogen) atoms. The summed E-state index contributed by atoms with van der Waals surface area (Å²) in [7, 11) is 0. The van der Waals surface area contributed by atoms with Crippen molar-refractivity contribution in [2.24, 2.45) is 0 Å². The highest BCUT2D eigenvalue weighted by Gasteiger charge is 2.01. The van der Waals surface area contributed by atoms with Crippen molar-refractivity contribution in [3.63, 3.8) is 0 Å². The monoisotopic (exact) mass is 264 g/mol. The summed E-state index contributed by atoms with van der Waals surface area (Å²) in [4.78, 5) is 3.40. The van der Waals surface area contributed by atoms with Gasteiger partial charge in [0.05, 0.1) is 16.7 Å². The number of aromatic nitrogens is 1. The molecule has 1 N–H and O–H groups in total. The zero-order chi connectivity index (χ0) is 13.1. The van der Waals surface area contributed by atoms with Crippen molar-refractivity contribution in [2.75, 3.05) is 0 Å². The molecule has 0 bridgehead atoms. The molecule has 1 heterocycles. The number of nitrogens with zero attached hydrogens (tertiary/aromatic N) is 1. The lowest BCUT2D eigenvalue weighted by atomic mass is 10.2. The SMILES string of the molecule is N#Cc1ccc(CSc2cc3ccccc3[nH]2)cc1. The van der Waals surface area contributed by atoms with Crippen LogP contribution in [0.2, 0.25) is 0 Å². The number of fused-ring (bicyclic) bond motifs is 1. The number of para-hydroxylation sites is 1. The predicted molar refractivity (Wildman–Crippen MR) is 79.0 cm³/mol. The van der Waals surface area contributed by atoms with Crippen molar-refractivity contribution in [1.29, 1.82) is 5.26 Å². The first-order valence-electron chi connectivity index (χ1n) is 6.05. The van der Waals surface area contributed by atoms with Gasteiger partial charge in [0.15, 0.2) is 0 Å². The second-order valence-corrected chi connectivity index (χ2v) is 5.34. The Morgan fingerprint density at radius 3 is 2.58 bits per heavy atom. The van der Waals surface area contributed by atoms with Gasteiger partial charge in [-0.25, -0.2) is 0 Å². The Balaban J connectivity index is 1.73. The van der Waals surface area contributed by atoms with Crippen LogP contribution < -0.4 is 0 Å². The molecule has 2 nitrogen and oxygen atoms in total. The first-order chi connectivity index (χ1) is 9.35. The number of hydrogen-bond donors (Lipinski definition) is 1. The number of hydrogen-bond acceptors (Lipinski definition) is 2. The van der Waals surface area contributed by atoms with Gasteiger partial charge in [-0.1, -0.05) is 30.3 Å². The smallest absolute Gasteiger partial charge is 0.0991 e. The number of nitriles is 1. The van der Waals surface area contributed by atoms with Crippen LogP contribution in [0.4, 0.5) is 0 Å². The van der Waals surface area contributed by atoms with E-state index in [2.05, 4.69) is 29.3 Å². The maximum Gasteiger partial charge on any atom is 0.0991 e. The van der Waals surface area contributed by atoms with E-state index in [-0.39, 0.29) is 0 Å². The van der Waals surface area contributed by atoms with Crippen LogP contribution in [0.5, 0.6) is 0 Å². The zero-order valence-electron chi connectivity index (χ0n) is 10.3. The second kappa shape index (κ2) is 5.21. The lowest BCUT2D eigenvalue weighted by Crippen LogP contribution is -1.81. The highest BCUT2D eigenvalue weighted by Crippen LogP contribution is 2.26. The molecule has 0 spiro atoms. The minimum Gasteiger partial charge on any atom is -0.350 e. The van der Waals surface area contributed by atoms with Gasteiger partial charge in [-0.05, 0) is 29.8 Å². The molecule has 0 aliphatic carbocycles. The summed E-state index contributed by atoms with van der Waals surface area (Å²) in [5, 5.41) is 11.2. The number of benzene rings is 2. The second-order valence-electron chi connectivity index (χ2n) is 4.32. The zero-order valence-corrected chi connectivity index (χ0v) is 11.1. The van der Waals surface area contributed by atoms with Crippen molar-refractivity contribution < 1.29 is 0 Å². The highest BCUT2D eigenvalue weighted by atomic mass is 32.2. The number of H-pyrrole nitrogens is 1. The van der Waals surface area contributed by atoms with Gasteiger partial charge < -0.3 is 4.98 Å². The minimum atomic E-state index is 0.708. The van der Waals surface area contributed by atoms with Gasteiger partial charge in [0.2, 0.25) is 0 Å². The van der Waals surface area contributed by atoms with Gasteiger partial charge in [0.1, 0.15) is 0 Å². The Labute approximate surface area is 116 Å². The maximum absolute atomic E-state index is 8.76. The van der Waals surface area contributed by atoms with Crippen molar-refractivity contribution in [3.05, 3.63) is 65.7 Å². The molecule has 0 aliphatic heterocycles. The van der Waals surface area contributed by atoms with E-state index in [1.807, 2.05) is 36.4 Å². The van der Waals surface area contributed by atoms with Gasteiger partial charge in [0, 0.05) is 16.7 Å². The molecule has 0 fully saturated rings. The van der Waals surface area contributed by atoms with E-state index in [1.54, 1.807) is 11.8 Å². The summed E-state index contributed by atoms with van der Waals surface area (Å²) in [6, 6.07) is 20.3. The molecule has 3 heteroatoms. The summed E-state index contributed by atoms with van der Waals surface area (Å²) in [6.45, 7) is 0. The molecule has 3 rings (SSSR count). The molecule has 0 radical (unpaired) electrons. The maximum atomic E-state index is 8.76. The Kier molecular flexibility index (Phi) is 3.26. The normalized spacial score (nSPS) is 10.5. The van der Waals surface area contributed by atoms with Crippen molar-refractivity contribution in [3.8, 4) is 6.07 Å². The molecule has 2 aromatic carbocycles. The van der Waals surface area contributed by atoms with Gasteiger partial charge in [0.25, 0.3) is 0 Å². The van der Waals surface area contributed by atoms with Crippen LogP contribution in [0.15, 0.2) is 59.6 Å². The Bertz CT molecular complexity index is 702. The lowest BCUT2D eigenvalue weighted by molar-refractivity contribution is 1.23. The first-order valence-corrected chi connectivity index (χ1v) is 7.03. The fourth-order valence-electron chi connectivity index (χ4n) is 1.96. The van der Waals surface area contributed by atoms with Gasteiger partial charge >= 0.3 is 0 Å². The summed E-state index contributed by atoms with van der Waals surface area (Å²) in [5.41, 5.74) is 3.10. The largest absolute Gasteiger partial charge is 0.350 e. The van der Waals surface area contributed by atoms with Crippen LogP contribution in [0.1, 0.15) is 11.1 Å². The van der Waals surface area contributed by atoms with E-state index in [0.717, 1.165) is 5.75 Å². The lowest BCUT2D eigenvalue weighted by Gasteiger charge is -1.99. The molecule has 1 aromatic heterocycles. The Hall–Kier alpha value is -2.18. The Morgan fingerprint density at radius 2 is 1.84 bits per heavy atom. The van der Waals surface area contributed by atoms with Crippen LogP contribution in [-0.2, 0) is 5.75 Å². The summed E-state index contributed by atoms with van der Waals surface area (Å²) >= 11 is 1.77. The summed E-state index contributed by atoms with van der Waals surface area (Å²) in [5.74, 6) is 0.901. The van der Waals surface area contributed by atoms with Gasteiger partial charge in [-0.2, -0.15) is 5.26 Å². The average Bonchev–Trinajstić information content (AvgIpc) is 2.88. The molecule has 0 saturated heterocycles. The molecule has 0 amide bonds. The van der Waals surface area contributed by atoms with E-state index >= 15 is 0 Å². The van der Waals surface area contributed by atoms with Crippen LogP contribution >= 0.6 is 11.8 Å². The molecule has 92 valence electrons. The predicted octanol–water partition coefficient (Wildman–Crippen LogP) is 4.33. The van der Waals surface area contributed by atoms with Crippen LogP contribution in [0, 0.1) is 11.3 Å². The fourth-order valence-corrected chi connectivity index (χ4v) is 2.87. The van der Waals surface area contributed by atoms with Gasteiger partial charge in [-0.15, -0.1) is 11.8 Å². The van der Waals surface area contributed by atoms with Crippen molar-refractivity contribution in [2.45, 2.75) is 10.8 Å². The Morgan fingerprint density at radius 1 is 1.05 bits per heavy atom. The molecule has 0 aliphatic rings. The number of rotatable bonds is 3. The minimum absolute atomic E-state index is 0.708. The number of aromatic amines is 1. The quantitative estimate of drug-likeness (QED) is 0.715. The van der Waals surface area contributed by atoms with Gasteiger partial charge in [-0.3, -0.25) is 0 Å². The third-order valence-corrected chi connectivity index (χ3v) is 3.99. The molecular weight excluding hydrogens is 252 g/mol. The van der Waals surface area contributed by atoms with E-state index in [0.29, 0.717) is 5.56 Å². The summed E-state index contributed by atoms with van der Waals surface area (Å²) < 4.78 is 0. The average molecular weight is 264 g/mol. The topological polar surface area (TPSA) is 39.6 Å². The van der Waals surface area contributed by atoms with Crippen LogP contribution in [0.3, 0.4) is 0 Å². The van der Waals surface area contributed by atoms with Crippen LogP contribution in [0.25, 0.3) is 10.9 Å². The summed E-state index contributed by atoms with van der Waals surface area (Å²) in [6.07, 6.45) is 0. The number of thioether (sulfide) groups is 1. The van der Waals surface area contributed by atoms with Crippen molar-refractivity contribution in [1.82, 2.24) is 4.98 Å².